The standard InChI is InChI=1S/C28H39N7O6S/c1-33-25(29-18-30-33)19-7-8-24-23(15-19)41-14-11-28(32-26(37)22-16-21(36)17-35(22)42(24,39)40)9-12-34(13-10-28)27(38)31-20-5-3-2-4-6-20/h7-8,15,18,20-22,36H,2-6,9-14,16-17H2,1H3,(H,31,38)(H,32,37)/t21-,22+/m1/s1. The Morgan fingerprint density at radius 2 is 1.93 bits per heavy atom. The first-order chi connectivity index (χ1) is 20.1. The van der Waals surface area contributed by atoms with E-state index in [0.29, 0.717) is 43.7 Å². The van der Waals surface area contributed by atoms with Crippen LogP contribution in [0.15, 0.2) is 29.4 Å². The fourth-order valence-corrected chi connectivity index (χ4v) is 8.48. The lowest BCUT2D eigenvalue weighted by molar-refractivity contribution is -0.127. The molecule has 0 unspecified atom stereocenters. The van der Waals surface area contributed by atoms with Gasteiger partial charge in [0, 0.05) is 56.7 Å². The van der Waals surface area contributed by atoms with Gasteiger partial charge in [0.2, 0.25) is 15.9 Å². The predicted molar refractivity (Wildman–Crippen MR) is 152 cm³/mol. The lowest BCUT2D eigenvalue weighted by Gasteiger charge is -2.43. The van der Waals surface area contributed by atoms with Gasteiger partial charge in [-0.15, -0.1) is 0 Å². The number of benzene rings is 1. The number of aryl methyl sites for hydroxylation is 1. The van der Waals surface area contributed by atoms with Gasteiger partial charge in [0.15, 0.2) is 5.82 Å². The maximum Gasteiger partial charge on any atom is 0.317 e. The monoisotopic (exact) mass is 601 g/mol. The lowest BCUT2D eigenvalue weighted by atomic mass is 9.84. The summed E-state index contributed by atoms with van der Waals surface area (Å²) in [6.45, 7) is 0.891. The summed E-state index contributed by atoms with van der Waals surface area (Å²) in [5.74, 6) is 0.272. The van der Waals surface area contributed by atoms with Gasteiger partial charge in [-0.25, -0.2) is 22.9 Å². The molecule has 228 valence electrons. The number of carbonyl (C=O) groups is 2. The van der Waals surface area contributed by atoms with Crippen LogP contribution in [-0.4, -0.2) is 99.4 Å². The number of aromatic nitrogens is 3. The average Bonchev–Trinajstić information content (AvgIpc) is 3.59. The number of hydrogen-bond acceptors (Lipinski definition) is 8. The molecule has 6 rings (SSSR count). The van der Waals surface area contributed by atoms with Crippen LogP contribution in [0.3, 0.4) is 0 Å². The molecule has 13 nitrogen and oxygen atoms in total. The highest BCUT2D eigenvalue weighted by Gasteiger charge is 2.47. The molecule has 2 atom stereocenters. The highest BCUT2D eigenvalue weighted by atomic mass is 32.2. The molecule has 3 amide bonds. The topological polar surface area (TPSA) is 159 Å². The number of ether oxygens (including phenoxy) is 1. The Morgan fingerprint density at radius 3 is 2.64 bits per heavy atom. The SMILES string of the molecule is Cn1ncnc1-c1ccc2c(c1)OCCC1(CCN(C(=O)NC3CCCCC3)CC1)NC(=O)[C@@H]1C[C@@H](O)CN1S2(=O)=O. The van der Waals surface area contributed by atoms with Gasteiger partial charge in [-0.2, -0.15) is 9.40 Å². The molecule has 0 radical (unpaired) electrons. The number of urea groups is 1. The van der Waals surface area contributed by atoms with Crippen molar-refractivity contribution in [2.75, 3.05) is 26.2 Å². The van der Waals surface area contributed by atoms with E-state index in [4.69, 9.17) is 4.74 Å². The van der Waals surface area contributed by atoms with E-state index in [-0.39, 0.29) is 42.3 Å². The molecule has 0 bridgehead atoms. The molecule has 3 aliphatic heterocycles. The zero-order chi connectivity index (χ0) is 29.5. The summed E-state index contributed by atoms with van der Waals surface area (Å²) >= 11 is 0. The molecule has 1 saturated carbocycles. The second-order valence-corrected chi connectivity index (χ2v) is 13.8. The van der Waals surface area contributed by atoms with E-state index >= 15 is 0 Å². The third-order valence-electron chi connectivity index (χ3n) is 9.20. The van der Waals surface area contributed by atoms with Crippen LogP contribution in [0.2, 0.25) is 0 Å². The maximum atomic E-state index is 13.9. The second kappa shape index (κ2) is 11.5. The third kappa shape index (κ3) is 5.59. The minimum atomic E-state index is -4.19. The molecule has 2 aromatic rings. The number of rotatable bonds is 2. The van der Waals surface area contributed by atoms with Crippen LogP contribution in [0.25, 0.3) is 11.4 Å². The summed E-state index contributed by atoms with van der Waals surface area (Å²) < 4.78 is 36.7. The van der Waals surface area contributed by atoms with Crippen molar-refractivity contribution in [3.63, 3.8) is 0 Å². The summed E-state index contributed by atoms with van der Waals surface area (Å²) in [6.07, 6.45) is 7.38. The quantitative estimate of drug-likeness (QED) is 0.466. The number of nitrogens with one attached hydrogen (secondary N) is 2. The number of sulfonamides is 1. The van der Waals surface area contributed by atoms with E-state index in [1.165, 1.54) is 18.8 Å². The van der Waals surface area contributed by atoms with Crippen LogP contribution >= 0.6 is 0 Å². The van der Waals surface area contributed by atoms with Crippen molar-refractivity contribution in [1.29, 1.82) is 0 Å². The van der Waals surface area contributed by atoms with Crippen molar-refractivity contribution in [3.05, 3.63) is 24.5 Å². The third-order valence-corrected chi connectivity index (χ3v) is 11.1. The molecule has 1 spiro atoms. The summed E-state index contributed by atoms with van der Waals surface area (Å²) in [7, 11) is -2.44. The van der Waals surface area contributed by atoms with Gasteiger partial charge in [-0.1, -0.05) is 19.3 Å². The molecule has 3 N–H and O–H groups in total. The Morgan fingerprint density at radius 1 is 1.17 bits per heavy atom. The number of carbonyl (C=O) groups excluding carboxylic acids is 2. The highest BCUT2D eigenvalue weighted by molar-refractivity contribution is 7.89. The van der Waals surface area contributed by atoms with Crippen molar-refractivity contribution in [3.8, 4) is 17.1 Å². The van der Waals surface area contributed by atoms with E-state index in [1.54, 1.807) is 28.8 Å². The number of aliphatic hydroxyl groups excluding tert-OH is 1. The molecule has 4 heterocycles. The summed E-state index contributed by atoms with van der Waals surface area (Å²) in [4.78, 5) is 32.7. The van der Waals surface area contributed by atoms with Gasteiger partial charge in [0.1, 0.15) is 23.0 Å². The second-order valence-electron chi connectivity index (χ2n) is 12.0. The van der Waals surface area contributed by atoms with E-state index in [0.717, 1.165) is 30.0 Å². The van der Waals surface area contributed by atoms with Gasteiger partial charge >= 0.3 is 6.03 Å². The van der Waals surface area contributed by atoms with Gasteiger partial charge < -0.3 is 25.4 Å². The van der Waals surface area contributed by atoms with Crippen LogP contribution in [0.1, 0.15) is 57.8 Å². The molecule has 3 fully saturated rings. The number of fused-ring (bicyclic) bond motifs is 2. The van der Waals surface area contributed by atoms with E-state index in [9.17, 15) is 23.1 Å². The van der Waals surface area contributed by atoms with Crippen LogP contribution in [-0.2, 0) is 21.9 Å². The summed E-state index contributed by atoms with van der Waals surface area (Å²) in [6, 6.07) is 3.82. The van der Waals surface area contributed by atoms with Crippen molar-refractivity contribution in [2.24, 2.45) is 7.05 Å². The number of aliphatic hydroxyl groups is 1. The molecule has 4 aliphatic rings. The number of piperidine rings is 1. The summed E-state index contributed by atoms with van der Waals surface area (Å²) in [5.41, 5.74) is -0.0501. The Balaban J connectivity index is 1.26. The van der Waals surface area contributed by atoms with Crippen LogP contribution in [0.5, 0.6) is 5.75 Å². The molecule has 1 aromatic carbocycles. The Labute approximate surface area is 245 Å². The summed E-state index contributed by atoms with van der Waals surface area (Å²) in [5, 5.41) is 20.9. The molecule has 1 aromatic heterocycles. The first-order valence-corrected chi connectivity index (χ1v) is 16.3. The van der Waals surface area contributed by atoms with Gasteiger partial charge in [-0.05, 0) is 43.9 Å². The van der Waals surface area contributed by atoms with Crippen LogP contribution in [0.4, 0.5) is 4.79 Å². The van der Waals surface area contributed by atoms with Crippen molar-refractivity contribution < 1.29 is 27.9 Å². The first kappa shape index (κ1) is 28.9. The van der Waals surface area contributed by atoms with Crippen molar-refractivity contribution in [2.45, 2.75) is 86.4 Å². The van der Waals surface area contributed by atoms with E-state index in [2.05, 4.69) is 20.7 Å². The molecular formula is C28H39N7O6S. The van der Waals surface area contributed by atoms with Crippen molar-refractivity contribution in [1.82, 2.24) is 34.6 Å². The fraction of sp³-hybridized carbons (Fsp3) is 0.643. The van der Waals surface area contributed by atoms with Crippen LogP contribution < -0.4 is 15.4 Å². The molecule has 14 heteroatoms. The fourth-order valence-electron chi connectivity index (χ4n) is 6.73. The highest BCUT2D eigenvalue weighted by Crippen LogP contribution is 2.37. The Bertz CT molecular complexity index is 1430. The predicted octanol–water partition coefficient (Wildman–Crippen LogP) is 1.38. The number of hydrogen-bond donors (Lipinski definition) is 3. The average molecular weight is 602 g/mol. The first-order valence-electron chi connectivity index (χ1n) is 14.8. The zero-order valence-electron chi connectivity index (χ0n) is 23.9. The molecule has 2 saturated heterocycles. The Kier molecular flexibility index (Phi) is 7.87. The lowest BCUT2D eigenvalue weighted by Crippen LogP contribution is -2.60. The minimum absolute atomic E-state index is 0.00424. The molecule has 42 heavy (non-hydrogen) atoms. The number of nitrogens with zero attached hydrogens (tertiary/aromatic N) is 5. The molecular weight excluding hydrogens is 562 g/mol. The van der Waals surface area contributed by atoms with Crippen molar-refractivity contribution >= 4 is 22.0 Å². The van der Waals surface area contributed by atoms with E-state index < -0.39 is 33.6 Å². The maximum absolute atomic E-state index is 13.9. The zero-order valence-corrected chi connectivity index (χ0v) is 24.7. The smallest absolute Gasteiger partial charge is 0.317 e. The number of amides is 3. The van der Waals surface area contributed by atoms with Gasteiger partial charge in [-0.3, -0.25) is 4.79 Å². The normalized spacial score (nSPS) is 26.4. The van der Waals surface area contributed by atoms with Gasteiger partial charge in [0.25, 0.3) is 0 Å². The van der Waals surface area contributed by atoms with Crippen LogP contribution in [0, 0.1) is 0 Å². The van der Waals surface area contributed by atoms with E-state index in [1.807, 2.05) is 0 Å². The molecule has 1 aliphatic carbocycles. The Hall–Kier alpha value is -3.23. The number of likely N-dealkylation sites (tertiary alicyclic amines) is 1. The van der Waals surface area contributed by atoms with Gasteiger partial charge in [0.05, 0.1) is 12.7 Å². The minimum Gasteiger partial charge on any atom is -0.492 e. The largest absolute Gasteiger partial charge is 0.492 e.